The first-order chi connectivity index (χ1) is 14.8. The summed E-state index contributed by atoms with van der Waals surface area (Å²) in [6, 6.07) is 10.7. The summed E-state index contributed by atoms with van der Waals surface area (Å²) in [6.45, 7) is -0.250. The molecule has 0 radical (unpaired) electrons. The second-order valence-electron chi connectivity index (χ2n) is 7.98. The van der Waals surface area contributed by atoms with Gasteiger partial charge in [0.25, 0.3) is 0 Å². The summed E-state index contributed by atoms with van der Waals surface area (Å²) in [6.07, 6.45) is -3.11. The van der Waals surface area contributed by atoms with E-state index in [-0.39, 0.29) is 36.3 Å². The Balaban J connectivity index is 1.62. The Morgan fingerprint density at radius 2 is 1.61 bits per heavy atom. The normalized spacial score (nSPS) is 23.3. The van der Waals surface area contributed by atoms with Gasteiger partial charge in [-0.05, 0) is 37.0 Å². The molecule has 2 atom stereocenters. The number of ketones is 3. The van der Waals surface area contributed by atoms with E-state index >= 15 is 0 Å². The van der Waals surface area contributed by atoms with Gasteiger partial charge in [0.05, 0.1) is 18.9 Å². The fourth-order valence-electron chi connectivity index (χ4n) is 4.36. The SMILES string of the molecule is O=C(c1ccc(C(F)(F)F)nc1COCc1ccccc1)C1C(=O)C2CCC(C2)C1=O. The minimum Gasteiger partial charge on any atom is -0.370 e. The van der Waals surface area contributed by atoms with Gasteiger partial charge in [0.2, 0.25) is 0 Å². The van der Waals surface area contributed by atoms with E-state index in [2.05, 4.69) is 4.98 Å². The summed E-state index contributed by atoms with van der Waals surface area (Å²) in [5.41, 5.74) is -0.761. The molecule has 0 amide bonds. The molecular weight excluding hydrogens is 411 g/mol. The molecule has 2 aromatic rings. The molecule has 2 aliphatic carbocycles. The molecule has 0 N–H and O–H groups in total. The van der Waals surface area contributed by atoms with Gasteiger partial charge in [-0.3, -0.25) is 14.4 Å². The van der Waals surface area contributed by atoms with Crippen LogP contribution >= 0.6 is 0 Å². The third-order valence-electron chi connectivity index (χ3n) is 5.95. The van der Waals surface area contributed by atoms with E-state index in [0.29, 0.717) is 25.3 Å². The Bertz CT molecular complexity index is 997. The van der Waals surface area contributed by atoms with Gasteiger partial charge in [-0.25, -0.2) is 4.98 Å². The zero-order valence-electron chi connectivity index (χ0n) is 16.5. The summed E-state index contributed by atoms with van der Waals surface area (Å²) in [5.74, 6) is -3.78. The highest BCUT2D eigenvalue weighted by atomic mass is 19.4. The van der Waals surface area contributed by atoms with Crippen LogP contribution < -0.4 is 0 Å². The lowest BCUT2D eigenvalue weighted by Gasteiger charge is -2.25. The van der Waals surface area contributed by atoms with Crippen LogP contribution in [-0.2, 0) is 33.7 Å². The molecule has 2 aliphatic rings. The fraction of sp³-hybridized carbons (Fsp3) is 0.391. The Morgan fingerprint density at radius 1 is 0.968 bits per heavy atom. The molecule has 2 saturated carbocycles. The number of alkyl halides is 3. The summed E-state index contributed by atoms with van der Waals surface area (Å²) in [4.78, 5) is 42.1. The molecule has 0 saturated heterocycles. The van der Waals surface area contributed by atoms with Gasteiger partial charge < -0.3 is 4.74 Å². The lowest BCUT2D eigenvalue weighted by molar-refractivity contribution is -0.141. The molecule has 1 heterocycles. The summed E-state index contributed by atoms with van der Waals surface area (Å²) in [7, 11) is 0. The van der Waals surface area contributed by atoms with Gasteiger partial charge in [0, 0.05) is 17.4 Å². The first kappa shape index (κ1) is 21.4. The molecule has 31 heavy (non-hydrogen) atoms. The third kappa shape index (κ3) is 4.30. The van der Waals surface area contributed by atoms with E-state index in [1.54, 1.807) is 24.3 Å². The fourth-order valence-corrected chi connectivity index (χ4v) is 4.36. The number of rotatable bonds is 6. The van der Waals surface area contributed by atoms with Crippen LogP contribution in [0.3, 0.4) is 0 Å². The first-order valence-corrected chi connectivity index (χ1v) is 10.1. The highest BCUT2D eigenvalue weighted by Gasteiger charge is 2.50. The van der Waals surface area contributed by atoms with Gasteiger partial charge in [0.1, 0.15) is 11.6 Å². The number of ether oxygens (including phenoxy) is 1. The van der Waals surface area contributed by atoms with E-state index in [9.17, 15) is 27.6 Å². The molecule has 0 aliphatic heterocycles. The van der Waals surface area contributed by atoms with Crippen molar-refractivity contribution < 1.29 is 32.3 Å². The monoisotopic (exact) mass is 431 g/mol. The first-order valence-electron chi connectivity index (χ1n) is 10.1. The van der Waals surface area contributed by atoms with Crippen LogP contribution in [0.1, 0.15) is 46.6 Å². The lowest BCUT2D eigenvalue weighted by Crippen LogP contribution is -2.42. The zero-order chi connectivity index (χ0) is 22.2. The summed E-state index contributed by atoms with van der Waals surface area (Å²) < 4.78 is 45.1. The maximum atomic E-state index is 13.2. The van der Waals surface area contributed by atoms with Crippen LogP contribution in [0.4, 0.5) is 13.2 Å². The predicted octanol–water partition coefficient (Wildman–Crippen LogP) is 4.18. The predicted molar refractivity (Wildman–Crippen MR) is 103 cm³/mol. The number of pyridine rings is 1. The molecule has 4 rings (SSSR count). The van der Waals surface area contributed by atoms with Gasteiger partial charge in [-0.2, -0.15) is 13.2 Å². The number of benzene rings is 1. The Morgan fingerprint density at radius 3 is 2.23 bits per heavy atom. The number of carbonyl (C=O) groups is 3. The van der Waals surface area contributed by atoms with Gasteiger partial charge >= 0.3 is 6.18 Å². The molecule has 0 spiro atoms. The molecular formula is C23H20F3NO4. The molecule has 8 heteroatoms. The van der Waals surface area contributed by atoms with E-state index in [4.69, 9.17) is 4.74 Å². The number of hydrogen-bond acceptors (Lipinski definition) is 5. The quantitative estimate of drug-likeness (QED) is 0.507. The van der Waals surface area contributed by atoms with Gasteiger partial charge in [0.15, 0.2) is 17.3 Å². The third-order valence-corrected chi connectivity index (χ3v) is 5.95. The smallest absolute Gasteiger partial charge is 0.370 e. The van der Waals surface area contributed by atoms with Crippen LogP contribution in [-0.4, -0.2) is 22.3 Å². The zero-order valence-corrected chi connectivity index (χ0v) is 16.5. The number of halogens is 3. The van der Waals surface area contributed by atoms with Crippen molar-refractivity contribution >= 4 is 17.3 Å². The van der Waals surface area contributed by atoms with Crippen molar-refractivity contribution in [2.24, 2.45) is 17.8 Å². The molecule has 2 fully saturated rings. The number of Topliss-reactive ketones (excluding diaryl/α,β-unsaturated/α-hetero) is 3. The second kappa shape index (κ2) is 8.34. The summed E-state index contributed by atoms with van der Waals surface area (Å²) in [5, 5.41) is 0. The van der Waals surface area contributed by atoms with E-state index in [0.717, 1.165) is 11.6 Å². The van der Waals surface area contributed by atoms with Crippen LogP contribution in [0.25, 0.3) is 0 Å². The van der Waals surface area contributed by atoms with Crippen molar-refractivity contribution in [2.75, 3.05) is 0 Å². The van der Waals surface area contributed by atoms with Crippen LogP contribution in [0, 0.1) is 17.8 Å². The number of fused-ring (bicyclic) bond motifs is 2. The highest BCUT2D eigenvalue weighted by Crippen LogP contribution is 2.41. The highest BCUT2D eigenvalue weighted by molar-refractivity contribution is 6.26. The largest absolute Gasteiger partial charge is 0.433 e. The van der Waals surface area contributed by atoms with E-state index in [1.807, 2.05) is 6.07 Å². The molecule has 2 bridgehead atoms. The second-order valence-corrected chi connectivity index (χ2v) is 7.98. The molecule has 5 nitrogen and oxygen atoms in total. The Hall–Kier alpha value is -2.87. The molecule has 1 aromatic carbocycles. The van der Waals surface area contributed by atoms with Crippen LogP contribution in [0.2, 0.25) is 0 Å². The Labute approximate surface area is 176 Å². The van der Waals surface area contributed by atoms with Gasteiger partial charge in [-0.15, -0.1) is 0 Å². The van der Waals surface area contributed by atoms with E-state index in [1.165, 1.54) is 0 Å². The topological polar surface area (TPSA) is 73.3 Å². The van der Waals surface area contributed by atoms with Crippen LogP contribution in [0.15, 0.2) is 42.5 Å². The van der Waals surface area contributed by atoms with Crippen LogP contribution in [0.5, 0.6) is 0 Å². The standard InChI is InChI=1S/C23H20F3NO4/c24-23(25,26)18-9-8-16(17(27-18)12-31-11-13-4-2-1-3-5-13)22(30)19-20(28)14-6-7-15(10-14)21(19)29/h1-5,8-9,14-15,19H,6-7,10-12H2. The summed E-state index contributed by atoms with van der Waals surface area (Å²) >= 11 is 0. The number of hydrogen-bond donors (Lipinski definition) is 0. The molecule has 2 unspecified atom stereocenters. The number of carbonyl (C=O) groups excluding carboxylic acids is 3. The average Bonchev–Trinajstić information content (AvgIpc) is 3.20. The van der Waals surface area contributed by atoms with Crippen molar-refractivity contribution in [3.8, 4) is 0 Å². The van der Waals surface area contributed by atoms with Crippen molar-refractivity contribution in [3.63, 3.8) is 0 Å². The number of aromatic nitrogens is 1. The van der Waals surface area contributed by atoms with Crippen molar-refractivity contribution in [3.05, 3.63) is 65.0 Å². The van der Waals surface area contributed by atoms with E-state index < -0.39 is 35.1 Å². The van der Waals surface area contributed by atoms with Crippen molar-refractivity contribution in [2.45, 2.75) is 38.7 Å². The van der Waals surface area contributed by atoms with Gasteiger partial charge in [-0.1, -0.05) is 30.3 Å². The molecule has 1 aromatic heterocycles. The maximum absolute atomic E-state index is 13.2. The lowest BCUT2D eigenvalue weighted by atomic mass is 9.75. The van der Waals surface area contributed by atoms with Crippen molar-refractivity contribution in [1.82, 2.24) is 4.98 Å². The van der Waals surface area contributed by atoms with Crippen molar-refractivity contribution in [1.29, 1.82) is 0 Å². The average molecular weight is 431 g/mol. The minimum atomic E-state index is -4.70. The minimum absolute atomic E-state index is 0.109. The number of nitrogens with zero attached hydrogens (tertiary/aromatic N) is 1. The maximum Gasteiger partial charge on any atom is 0.433 e. The molecule has 162 valence electrons. The Kier molecular flexibility index (Phi) is 5.75.